The molecular weight excluding hydrogens is 200 g/mol. The summed E-state index contributed by atoms with van der Waals surface area (Å²) in [4.78, 5) is 6.55. The van der Waals surface area contributed by atoms with Crippen molar-refractivity contribution in [2.45, 2.75) is 24.9 Å². The standard InChI is InChI=1S/C12H14N4/c13-7-9-1-2-10(8-15-9)16-6-5-14-11-3-4-12(11)16/h1-2,8,11-12,14H,3-6H2/t11?,12-/m1/s1. The van der Waals surface area contributed by atoms with Gasteiger partial charge in [-0.1, -0.05) is 0 Å². The summed E-state index contributed by atoms with van der Waals surface area (Å²) in [7, 11) is 0. The molecule has 1 aliphatic heterocycles. The molecule has 1 aromatic heterocycles. The van der Waals surface area contributed by atoms with Gasteiger partial charge in [-0.05, 0) is 25.0 Å². The van der Waals surface area contributed by atoms with Crippen molar-refractivity contribution in [3.05, 3.63) is 24.0 Å². The van der Waals surface area contributed by atoms with E-state index in [0.29, 0.717) is 17.8 Å². The molecule has 0 spiro atoms. The Morgan fingerprint density at radius 2 is 2.38 bits per heavy atom. The van der Waals surface area contributed by atoms with Crippen molar-refractivity contribution in [2.24, 2.45) is 0 Å². The smallest absolute Gasteiger partial charge is 0.140 e. The molecule has 2 fully saturated rings. The zero-order valence-corrected chi connectivity index (χ0v) is 9.06. The van der Waals surface area contributed by atoms with Crippen LogP contribution in [0.3, 0.4) is 0 Å². The molecule has 0 bridgehead atoms. The Morgan fingerprint density at radius 1 is 1.44 bits per heavy atom. The second-order valence-electron chi connectivity index (χ2n) is 4.41. The van der Waals surface area contributed by atoms with Gasteiger partial charge in [-0.15, -0.1) is 0 Å². The molecule has 3 rings (SSSR count). The van der Waals surface area contributed by atoms with Gasteiger partial charge in [-0.3, -0.25) is 0 Å². The molecule has 16 heavy (non-hydrogen) atoms. The number of hydrogen-bond acceptors (Lipinski definition) is 4. The number of fused-ring (bicyclic) bond motifs is 1. The number of rotatable bonds is 1. The van der Waals surface area contributed by atoms with Crippen molar-refractivity contribution < 1.29 is 0 Å². The molecule has 0 amide bonds. The first kappa shape index (κ1) is 9.61. The van der Waals surface area contributed by atoms with Crippen LogP contribution in [0.25, 0.3) is 0 Å². The zero-order valence-electron chi connectivity index (χ0n) is 9.06. The van der Waals surface area contributed by atoms with E-state index in [1.807, 2.05) is 18.3 Å². The highest BCUT2D eigenvalue weighted by Gasteiger charge is 2.38. The third-order valence-corrected chi connectivity index (χ3v) is 3.59. The number of nitrogens with zero attached hydrogens (tertiary/aromatic N) is 3. The van der Waals surface area contributed by atoms with E-state index in [2.05, 4.69) is 15.2 Å². The predicted octanol–water partition coefficient (Wildman–Crippen LogP) is 0.894. The minimum Gasteiger partial charge on any atom is -0.364 e. The van der Waals surface area contributed by atoms with Gasteiger partial charge in [0.1, 0.15) is 11.8 Å². The minimum absolute atomic E-state index is 0.490. The van der Waals surface area contributed by atoms with Crippen LogP contribution in [0.4, 0.5) is 5.69 Å². The number of piperazine rings is 1. The fourth-order valence-corrected chi connectivity index (χ4v) is 2.57. The molecule has 2 heterocycles. The van der Waals surface area contributed by atoms with Gasteiger partial charge in [0.25, 0.3) is 0 Å². The number of nitriles is 1. The third kappa shape index (κ3) is 1.44. The Kier molecular flexibility index (Phi) is 2.26. The highest BCUT2D eigenvalue weighted by Crippen LogP contribution is 2.31. The van der Waals surface area contributed by atoms with Gasteiger partial charge >= 0.3 is 0 Å². The molecule has 1 unspecified atom stereocenters. The normalized spacial score (nSPS) is 27.8. The SMILES string of the molecule is N#Cc1ccc(N2CCNC3CC[C@H]32)cn1. The maximum atomic E-state index is 8.71. The molecule has 0 radical (unpaired) electrons. The minimum atomic E-state index is 0.490. The van der Waals surface area contributed by atoms with Crippen LogP contribution in [0.1, 0.15) is 18.5 Å². The summed E-state index contributed by atoms with van der Waals surface area (Å²) in [6.45, 7) is 2.08. The average Bonchev–Trinajstić information content (AvgIpc) is 2.31. The first-order valence-corrected chi connectivity index (χ1v) is 5.74. The molecule has 1 aromatic rings. The zero-order chi connectivity index (χ0) is 11.0. The molecule has 4 nitrogen and oxygen atoms in total. The predicted molar refractivity (Wildman–Crippen MR) is 61.1 cm³/mol. The lowest BCUT2D eigenvalue weighted by molar-refractivity contribution is 0.240. The van der Waals surface area contributed by atoms with Crippen LogP contribution in [0, 0.1) is 11.3 Å². The van der Waals surface area contributed by atoms with E-state index < -0.39 is 0 Å². The van der Waals surface area contributed by atoms with E-state index in [0.717, 1.165) is 18.8 Å². The number of nitrogens with one attached hydrogen (secondary N) is 1. The summed E-state index contributed by atoms with van der Waals surface area (Å²) in [6.07, 6.45) is 4.36. The monoisotopic (exact) mass is 214 g/mol. The Bertz CT molecular complexity index is 420. The van der Waals surface area contributed by atoms with Crippen molar-refractivity contribution in [2.75, 3.05) is 18.0 Å². The highest BCUT2D eigenvalue weighted by atomic mass is 15.3. The average molecular weight is 214 g/mol. The van der Waals surface area contributed by atoms with Gasteiger partial charge in [0, 0.05) is 25.2 Å². The van der Waals surface area contributed by atoms with Crippen molar-refractivity contribution in [1.82, 2.24) is 10.3 Å². The number of pyridine rings is 1. The summed E-state index contributed by atoms with van der Waals surface area (Å²) in [5.41, 5.74) is 1.64. The molecule has 82 valence electrons. The number of aromatic nitrogens is 1. The van der Waals surface area contributed by atoms with E-state index in [-0.39, 0.29) is 0 Å². The number of hydrogen-bond donors (Lipinski definition) is 1. The van der Waals surface area contributed by atoms with E-state index in [4.69, 9.17) is 5.26 Å². The molecule has 2 atom stereocenters. The molecular formula is C12H14N4. The molecule has 2 aliphatic rings. The highest BCUT2D eigenvalue weighted by molar-refractivity contribution is 5.48. The summed E-state index contributed by atoms with van der Waals surface area (Å²) in [5.74, 6) is 0. The van der Waals surface area contributed by atoms with Gasteiger partial charge in [-0.2, -0.15) is 5.26 Å². The quantitative estimate of drug-likeness (QED) is 0.754. The molecule has 4 heteroatoms. The van der Waals surface area contributed by atoms with Gasteiger partial charge in [0.15, 0.2) is 0 Å². The second-order valence-corrected chi connectivity index (χ2v) is 4.41. The first-order valence-electron chi connectivity index (χ1n) is 5.74. The summed E-state index contributed by atoms with van der Waals surface area (Å²) in [6, 6.07) is 7.14. The summed E-state index contributed by atoms with van der Waals surface area (Å²) < 4.78 is 0. The van der Waals surface area contributed by atoms with Gasteiger partial charge in [0.05, 0.1) is 11.9 Å². The van der Waals surface area contributed by atoms with Crippen molar-refractivity contribution >= 4 is 5.69 Å². The van der Waals surface area contributed by atoms with Crippen LogP contribution in [0.15, 0.2) is 18.3 Å². The fraction of sp³-hybridized carbons (Fsp3) is 0.500. The molecule has 1 aliphatic carbocycles. The van der Waals surface area contributed by atoms with E-state index in [1.165, 1.54) is 12.8 Å². The largest absolute Gasteiger partial charge is 0.364 e. The maximum absolute atomic E-state index is 8.71. The lowest BCUT2D eigenvalue weighted by Crippen LogP contribution is -2.63. The third-order valence-electron chi connectivity index (χ3n) is 3.59. The summed E-state index contributed by atoms with van der Waals surface area (Å²) >= 11 is 0. The van der Waals surface area contributed by atoms with Crippen LogP contribution in [0.2, 0.25) is 0 Å². The lowest BCUT2D eigenvalue weighted by Gasteiger charge is -2.49. The van der Waals surface area contributed by atoms with Crippen LogP contribution in [-0.2, 0) is 0 Å². The van der Waals surface area contributed by atoms with Gasteiger partial charge in [-0.25, -0.2) is 4.98 Å². The van der Waals surface area contributed by atoms with Crippen LogP contribution < -0.4 is 10.2 Å². The topological polar surface area (TPSA) is 52.0 Å². The maximum Gasteiger partial charge on any atom is 0.140 e. The van der Waals surface area contributed by atoms with Crippen LogP contribution in [0.5, 0.6) is 0 Å². The van der Waals surface area contributed by atoms with Crippen LogP contribution in [-0.4, -0.2) is 30.2 Å². The van der Waals surface area contributed by atoms with Crippen molar-refractivity contribution in [1.29, 1.82) is 5.26 Å². The molecule has 1 N–H and O–H groups in total. The summed E-state index contributed by atoms with van der Waals surface area (Å²) in [5, 5.41) is 12.2. The Balaban J connectivity index is 1.83. The molecule has 1 saturated heterocycles. The van der Waals surface area contributed by atoms with Crippen molar-refractivity contribution in [3.8, 4) is 6.07 Å². The number of anilines is 1. The van der Waals surface area contributed by atoms with E-state index >= 15 is 0 Å². The van der Waals surface area contributed by atoms with Gasteiger partial charge < -0.3 is 10.2 Å². The second kappa shape index (κ2) is 3.76. The van der Waals surface area contributed by atoms with E-state index in [1.54, 1.807) is 6.07 Å². The molecule has 0 aromatic carbocycles. The fourth-order valence-electron chi connectivity index (χ4n) is 2.57. The molecule has 1 saturated carbocycles. The Hall–Kier alpha value is -1.60. The lowest BCUT2D eigenvalue weighted by atomic mass is 9.83. The van der Waals surface area contributed by atoms with Crippen molar-refractivity contribution in [3.63, 3.8) is 0 Å². The Labute approximate surface area is 94.9 Å². The Morgan fingerprint density at radius 3 is 3.00 bits per heavy atom. The van der Waals surface area contributed by atoms with Crippen LogP contribution >= 0.6 is 0 Å². The van der Waals surface area contributed by atoms with E-state index in [9.17, 15) is 0 Å². The van der Waals surface area contributed by atoms with Gasteiger partial charge in [0.2, 0.25) is 0 Å². The first-order chi connectivity index (χ1) is 7.88.